The molecule has 1 aromatic carbocycles. The summed E-state index contributed by atoms with van der Waals surface area (Å²) < 4.78 is 0. The molecule has 0 saturated heterocycles. The van der Waals surface area contributed by atoms with Crippen LogP contribution < -0.4 is 10.6 Å². The molecular weight excluding hydrogens is 373 g/mol. The van der Waals surface area contributed by atoms with Gasteiger partial charge in [0.05, 0.1) is 16.4 Å². The Morgan fingerprint density at radius 2 is 1.81 bits per heavy atom. The zero-order valence-electron chi connectivity index (χ0n) is 13.8. The first-order valence-corrected chi connectivity index (χ1v) is 8.77. The number of anilines is 3. The molecule has 0 spiro atoms. The van der Waals surface area contributed by atoms with Crippen molar-refractivity contribution in [1.29, 1.82) is 0 Å². The molecule has 8 heteroatoms. The first-order valence-electron chi connectivity index (χ1n) is 8.02. The minimum atomic E-state index is 0.0997. The van der Waals surface area contributed by atoms with E-state index in [1.807, 2.05) is 18.2 Å². The van der Waals surface area contributed by atoms with Crippen molar-refractivity contribution < 1.29 is 5.11 Å². The van der Waals surface area contributed by atoms with Crippen LogP contribution in [0.5, 0.6) is 0 Å². The fraction of sp³-hybridized carbons (Fsp3) is 0.167. The van der Waals surface area contributed by atoms with E-state index in [-0.39, 0.29) is 6.61 Å². The zero-order valence-corrected chi connectivity index (χ0v) is 15.3. The van der Waals surface area contributed by atoms with Gasteiger partial charge in [0.2, 0.25) is 5.95 Å². The van der Waals surface area contributed by atoms with E-state index < -0.39 is 0 Å². The summed E-state index contributed by atoms with van der Waals surface area (Å²) in [7, 11) is 0. The maximum Gasteiger partial charge on any atom is 0.225 e. The molecule has 3 aromatic rings. The van der Waals surface area contributed by atoms with Crippen LogP contribution in [-0.4, -0.2) is 33.2 Å². The Kier molecular flexibility index (Phi) is 6.22. The molecule has 0 aliphatic carbocycles. The average molecular weight is 390 g/mol. The number of hydrogen-bond acceptors (Lipinski definition) is 6. The van der Waals surface area contributed by atoms with Crippen molar-refractivity contribution in [2.75, 3.05) is 23.8 Å². The summed E-state index contributed by atoms with van der Waals surface area (Å²) in [5, 5.41) is 16.3. The lowest BCUT2D eigenvalue weighted by atomic mass is 10.2. The smallest absolute Gasteiger partial charge is 0.225 e. The Hall–Kier alpha value is -2.41. The van der Waals surface area contributed by atoms with Gasteiger partial charge in [-0.3, -0.25) is 4.98 Å². The number of rotatable bonds is 7. The first-order chi connectivity index (χ1) is 12.7. The van der Waals surface area contributed by atoms with Crippen molar-refractivity contribution in [1.82, 2.24) is 15.0 Å². The third-order valence-electron chi connectivity index (χ3n) is 3.51. The Labute approximate surface area is 161 Å². The Morgan fingerprint density at radius 3 is 2.54 bits per heavy atom. The van der Waals surface area contributed by atoms with Gasteiger partial charge in [0.15, 0.2) is 0 Å². The third kappa shape index (κ3) is 4.82. The highest BCUT2D eigenvalue weighted by atomic mass is 35.5. The normalized spacial score (nSPS) is 10.6. The zero-order chi connectivity index (χ0) is 18.4. The van der Waals surface area contributed by atoms with E-state index in [2.05, 4.69) is 25.6 Å². The SMILES string of the molecule is OCCCNc1nc(Nc2ccc(Cl)cc2Cl)cc(-c2ccncc2)n1. The summed E-state index contributed by atoms with van der Waals surface area (Å²) in [6.45, 7) is 0.667. The van der Waals surface area contributed by atoms with Crippen LogP contribution in [0.1, 0.15) is 6.42 Å². The molecule has 0 unspecified atom stereocenters. The number of hydrogen-bond donors (Lipinski definition) is 3. The lowest BCUT2D eigenvalue weighted by Crippen LogP contribution is -2.08. The van der Waals surface area contributed by atoms with Crippen molar-refractivity contribution in [2.24, 2.45) is 0 Å². The third-order valence-corrected chi connectivity index (χ3v) is 4.06. The van der Waals surface area contributed by atoms with E-state index in [1.165, 1.54) is 0 Å². The van der Waals surface area contributed by atoms with Crippen LogP contribution in [0.2, 0.25) is 10.0 Å². The second kappa shape index (κ2) is 8.80. The maximum atomic E-state index is 8.95. The van der Waals surface area contributed by atoms with Gasteiger partial charge in [0, 0.05) is 42.2 Å². The second-order valence-corrected chi connectivity index (χ2v) is 6.29. The van der Waals surface area contributed by atoms with Crippen LogP contribution >= 0.6 is 23.2 Å². The van der Waals surface area contributed by atoms with Crippen LogP contribution in [0.15, 0.2) is 48.8 Å². The van der Waals surface area contributed by atoms with Crippen molar-refractivity contribution in [3.8, 4) is 11.3 Å². The molecule has 26 heavy (non-hydrogen) atoms. The van der Waals surface area contributed by atoms with Gasteiger partial charge < -0.3 is 15.7 Å². The van der Waals surface area contributed by atoms with Gasteiger partial charge in [0.25, 0.3) is 0 Å². The largest absolute Gasteiger partial charge is 0.396 e. The van der Waals surface area contributed by atoms with Gasteiger partial charge in [-0.1, -0.05) is 23.2 Å². The van der Waals surface area contributed by atoms with Crippen molar-refractivity contribution in [3.05, 3.63) is 58.8 Å². The van der Waals surface area contributed by atoms with Gasteiger partial charge >= 0.3 is 0 Å². The van der Waals surface area contributed by atoms with E-state index in [0.717, 1.165) is 11.3 Å². The van der Waals surface area contributed by atoms with E-state index in [4.69, 9.17) is 28.3 Å². The summed E-state index contributed by atoms with van der Waals surface area (Å²) in [5.74, 6) is 1.04. The predicted molar refractivity (Wildman–Crippen MR) is 105 cm³/mol. The fourth-order valence-corrected chi connectivity index (χ4v) is 2.72. The van der Waals surface area contributed by atoms with Crippen molar-refractivity contribution in [3.63, 3.8) is 0 Å². The summed E-state index contributed by atoms with van der Waals surface area (Å²) in [6.07, 6.45) is 4.02. The first kappa shape index (κ1) is 18.4. The molecule has 0 bridgehead atoms. The molecule has 0 saturated carbocycles. The summed E-state index contributed by atoms with van der Waals surface area (Å²) in [4.78, 5) is 13.0. The van der Waals surface area contributed by atoms with Gasteiger partial charge in [-0.25, -0.2) is 4.98 Å². The Morgan fingerprint density at radius 1 is 1.00 bits per heavy atom. The second-order valence-electron chi connectivity index (χ2n) is 5.45. The molecule has 0 atom stereocenters. The topological polar surface area (TPSA) is 83.0 Å². The molecule has 3 N–H and O–H groups in total. The van der Waals surface area contributed by atoms with Crippen LogP contribution in [0.4, 0.5) is 17.5 Å². The molecule has 2 heterocycles. The molecule has 0 aliphatic rings. The molecule has 0 aliphatic heterocycles. The van der Waals surface area contributed by atoms with Gasteiger partial charge in [-0.05, 0) is 36.8 Å². The van der Waals surface area contributed by atoms with E-state index in [0.29, 0.717) is 40.5 Å². The molecule has 2 aromatic heterocycles. The number of pyridine rings is 1. The van der Waals surface area contributed by atoms with E-state index >= 15 is 0 Å². The van der Waals surface area contributed by atoms with Crippen molar-refractivity contribution in [2.45, 2.75) is 6.42 Å². The van der Waals surface area contributed by atoms with Gasteiger partial charge in [0.1, 0.15) is 5.82 Å². The monoisotopic (exact) mass is 389 g/mol. The van der Waals surface area contributed by atoms with Gasteiger partial charge in [-0.15, -0.1) is 0 Å². The molecule has 0 radical (unpaired) electrons. The molecule has 3 rings (SSSR count). The minimum absolute atomic E-state index is 0.0997. The molecule has 134 valence electrons. The number of nitrogens with zero attached hydrogens (tertiary/aromatic N) is 3. The molecule has 6 nitrogen and oxygen atoms in total. The van der Waals surface area contributed by atoms with Crippen molar-refractivity contribution >= 4 is 40.7 Å². The Bertz CT molecular complexity index is 877. The number of aromatic nitrogens is 3. The number of halogens is 2. The standard InChI is InChI=1S/C18H17Cl2N5O/c19-13-2-3-15(14(20)10-13)23-17-11-16(12-4-7-21-8-5-12)24-18(25-17)22-6-1-9-26/h2-5,7-8,10-11,26H,1,6,9H2,(H2,22,23,24,25). The number of nitrogens with one attached hydrogen (secondary N) is 2. The van der Waals surface area contributed by atoms with Gasteiger partial charge in [-0.2, -0.15) is 4.98 Å². The lowest BCUT2D eigenvalue weighted by molar-refractivity contribution is 0.292. The van der Waals surface area contributed by atoms with E-state index in [9.17, 15) is 0 Å². The summed E-state index contributed by atoms with van der Waals surface area (Å²) >= 11 is 12.2. The molecular formula is C18H17Cl2N5O. The summed E-state index contributed by atoms with van der Waals surface area (Å²) in [6, 6.07) is 10.8. The maximum absolute atomic E-state index is 8.95. The number of benzene rings is 1. The number of aliphatic hydroxyl groups is 1. The highest BCUT2D eigenvalue weighted by Crippen LogP contribution is 2.29. The van der Waals surface area contributed by atoms with Crippen LogP contribution in [0, 0.1) is 0 Å². The predicted octanol–water partition coefficient (Wildman–Crippen LogP) is 4.38. The summed E-state index contributed by atoms with van der Waals surface area (Å²) in [5.41, 5.74) is 2.34. The minimum Gasteiger partial charge on any atom is -0.396 e. The Balaban J connectivity index is 1.93. The highest BCUT2D eigenvalue weighted by Gasteiger charge is 2.09. The average Bonchev–Trinajstić information content (AvgIpc) is 2.65. The van der Waals surface area contributed by atoms with Crippen LogP contribution in [-0.2, 0) is 0 Å². The quantitative estimate of drug-likeness (QED) is 0.520. The lowest BCUT2D eigenvalue weighted by Gasteiger charge is -2.12. The fourth-order valence-electron chi connectivity index (χ4n) is 2.27. The molecule has 0 amide bonds. The molecule has 0 fully saturated rings. The highest BCUT2D eigenvalue weighted by molar-refractivity contribution is 6.36. The number of aliphatic hydroxyl groups excluding tert-OH is 1. The van der Waals surface area contributed by atoms with Crippen LogP contribution in [0.3, 0.4) is 0 Å². The van der Waals surface area contributed by atoms with E-state index in [1.54, 1.807) is 30.6 Å². The van der Waals surface area contributed by atoms with Crippen LogP contribution in [0.25, 0.3) is 11.3 Å².